The molecule has 0 aliphatic carbocycles. The van der Waals surface area contributed by atoms with Crippen molar-refractivity contribution < 1.29 is 18.9 Å². The Kier molecular flexibility index (Phi) is 6.22. The van der Waals surface area contributed by atoms with Gasteiger partial charge in [-0.25, -0.2) is 5.09 Å². The zero-order valence-electron chi connectivity index (χ0n) is 11.6. The standard InChI is InChI=1S/C13H20NO4P/c1-9(2)17-13(15)11(4)14-19(16)18-12-7-5-10(3)6-8-12/h5-9,11,14,16H,1-4H3/t11-,19?/m0/s1. The predicted octanol–water partition coefficient (Wildman–Crippen LogP) is 2.52. The highest BCUT2D eigenvalue weighted by Gasteiger charge is 2.20. The smallest absolute Gasteiger partial charge is 0.323 e. The van der Waals surface area contributed by atoms with Crippen LogP contribution in [0.4, 0.5) is 0 Å². The molecule has 0 saturated heterocycles. The van der Waals surface area contributed by atoms with Crippen molar-refractivity contribution in [3.63, 3.8) is 0 Å². The summed E-state index contributed by atoms with van der Waals surface area (Å²) in [5, 5.41) is 2.67. The Labute approximate surface area is 114 Å². The first-order valence-corrected chi connectivity index (χ1v) is 7.30. The van der Waals surface area contributed by atoms with E-state index in [1.54, 1.807) is 32.9 Å². The molecular formula is C13H20NO4P. The first-order chi connectivity index (χ1) is 8.88. The van der Waals surface area contributed by atoms with Gasteiger partial charge in [0.25, 0.3) is 0 Å². The van der Waals surface area contributed by atoms with Gasteiger partial charge in [-0.15, -0.1) is 0 Å². The van der Waals surface area contributed by atoms with Crippen LogP contribution >= 0.6 is 8.53 Å². The fourth-order valence-electron chi connectivity index (χ4n) is 1.28. The maximum absolute atomic E-state index is 11.5. The van der Waals surface area contributed by atoms with Crippen LogP contribution in [0.3, 0.4) is 0 Å². The second-order valence-electron chi connectivity index (χ2n) is 4.51. The van der Waals surface area contributed by atoms with Crippen LogP contribution in [0.5, 0.6) is 5.75 Å². The number of esters is 1. The van der Waals surface area contributed by atoms with Gasteiger partial charge < -0.3 is 14.2 Å². The highest BCUT2D eigenvalue weighted by molar-refractivity contribution is 7.44. The van der Waals surface area contributed by atoms with Crippen molar-refractivity contribution in [2.24, 2.45) is 0 Å². The summed E-state index contributed by atoms with van der Waals surface area (Å²) in [4.78, 5) is 21.3. The van der Waals surface area contributed by atoms with E-state index in [0.717, 1.165) is 5.56 Å². The summed E-state index contributed by atoms with van der Waals surface area (Å²) in [7, 11) is -1.91. The number of hydrogen-bond acceptors (Lipinski definition) is 5. The molecule has 2 atom stereocenters. The summed E-state index contributed by atoms with van der Waals surface area (Å²) in [5.41, 5.74) is 1.11. The lowest BCUT2D eigenvalue weighted by molar-refractivity contribution is -0.149. The van der Waals surface area contributed by atoms with Crippen LogP contribution < -0.4 is 9.61 Å². The van der Waals surface area contributed by atoms with Crippen LogP contribution in [0.25, 0.3) is 0 Å². The number of carbonyl (C=O) groups excluding carboxylic acids is 1. The first-order valence-electron chi connectivity index (χ1n) is 6.09. The molecule has 0 spiro atoms. The Hall–Kier alpha value is -1.16. The monoisotopic (exact) mass is 285 g/mol. The normalized spacial score (nSPS) is 14.0. The van der Waals surface area contributed by atoms with Gasteiger partial charge in [0, 0.05) is 0 Å². The van der Waals surface area contributed by atoms with Crippen molar-refractivity contribution in [1.29, 1.82) is 0 Å². The number of aryl methyl sites for hydroxylation is 1. The van der Waals surface area contributed by atoms with Crippen LogP contribution in [0, 0.1) is 6.92 Å². The molecule has 1 unspecified atom stereocenters. The van der Waals surface area contributed by atoms with Gasteiger partial charge in [0.15, 0.2) is 0 Å². The number of benzene rings is 1. The van der Waals surface area contributed by atoms with Crippen LogP contribution in [-0.4, -0.2) is 23.0 Å². The van der Waals surface area contributed by atoms with Gasteiger partial charge in [-0.1, -0.05) is 17.7 Å². The maximum atomic E-state index is 11.5. The SMILES string of the molecule is Cc1ccc(OP(O)N[C@@H](C)C(=O)OC(C)C)cc1. The molecule has 2 N–H and O–H groups in total. The summed E-state index contributed by atoms with van der Waals surface area (Å²) in [5.74, 6) is 0.139. The van der Waals surface area contributed by atoms with Crippen molar-refractivity contribution in [1.82, 2.24) is 5.09 Å². The Bertz CT molecular complexity index is 408. The Balaban J connectivity index is 2.44. The molecule has 0 radical (unpaired) electrons. The average Bonchev–Trinajstić information content (AvgIpc) is 2.31. The third kappa shape index (κ3) is 6.01. The molecular weight excluding hydrogens is 265 g/mol. The highest BCUT2D eigenvalue weighted by Crippen LogP contribution is 2.30. The van der Waals surface area contributed by atoms with E-state index in [0.29, 0.717) is 5.75 Å². The third-order valence-electron chi connectivity index (χ3n) is 2.22. The lowest BCUT2D eigenvalue weighted by Gasteiger charge is -2.18. The van der Waals surface area contributed by atoms with E-state index in [-0.39, 0.29) is 6.10 Å². The minimum absolute atomic E-state index is 0.181. The van der Waals surface area contributed by atoms with Crippen LogP contribution in [0.2, 0.25) is 0 Å². The summed E-state index contributed by atoms with van der Waals surface area (Å²) < 4.78 is 10.3. The third-order valence-corrected chi connectivity index (χ3v) is 3.21. The Morgan fingerprint density at radius 2 is 1.84 bits per heavy atom. The maximum Gasteiger partial charge on any atom is 0.323 e. The van der Waals surface area contributed by atoms with Gasteiger partial charge in [0.2, 0.25) is 0 Å². The van der Waals surface area contributed by atoms with E-state index in [1.165, 1.54) is 0 Å². The van der Waals surface area contributed by atoms with E-state index in [4.69, 9.17) is 9.26 Å². The lowest BCUT2D eigenvalue weighted by atomic mass is 10.2. The van der Waals surface area contributed by atoms with Crippen molar-refractivity contribution in [3.8, 4) is 5.75 Å². The summed E-state index contributed by atoms with van der Waals surface area (Å²) in [6.07, 6.45) is -0.181. The molecule has 0 amide bonds. The number of hydrogen-bond donors (Lipinski definition) is 2. The topological polar surface area (TPSA) is 67.8 Å². The van der Waals surface area contributed by atoms with Gasteiger partial charge in [-0.05, 0) is 39.8 Å². The Morgan fingerprint density at radius 3 is 2.37 bits per heavy atom. The highest BCUT2D eigenvalue weighted by atomic mass is 31.2. The Morgan fingerprint density at radius 1 is 1.26 bits per heavy atom. The number of carbonyl (C=O) groups is 1. The van der Waals surface area contributed by atoms with E-state index in [9.17, 15) is 9.69 Å². The van der Waals surface area contributed by atoms with Crippen molar-refractivity contribution in [2.45, 2.75) is 39.8 Å². The van der Waals surface area contributed by atoms with E-state index >= 15 is 0 Å². The van der Waals surface area contributed by atoms with Gasteiger partial charge in [-0.3, -0.25) is 4.79 Å². The fraction of sp³-hybridized carbons (Fsp3) is 0.462. The van der Waals surface area contributed by atoms with Gasteiger partial charge in [0.05, 0.1) is 6.10 Å². The minimum atomic E-state index is -1.91. The second-order valence-corrected chi connectivity index (χ2v) is 5.50. The van der Waals surface area contributed by atoms with Crippen molar-refractivity contribution in [2.75, 3.05) is 0 Å². The average molecular weight is 285 g/mol. The van der Waals surface area contributed by atoms with Crippen LogP contribution in [0.1, 0.15) is 26.3 Å². The summed E-state index contributed by atoms with van der Waals surface area (Å²) in [6, 6.07) is 6.67. The molecule has 19 heavy (non-hydrogen) atoms. The van der Waals surface area contributed by atoms with E-state index in [2.05, 4.69) is 5.09 Å². The van der Waals surface area contributed by atoms with E-state index in [1.807, 2.05) is 19.1 Å². The molecule has 1 aromatic carbocycles. The van der Waals surface area contributed by atoms with Gasteiger partial charge in [0.1, 0.15) is 11.8 Å². The molecule has 1 rings (SSSR count). The summed E-state index contributed by atoms with van der Waals surface area (Å²) >= 11 is 0. The molecule has 0 bridgehead atoms. The lowest BCUT2D eigenvalue weighted by Crippen LogP contribution is -2.34. The number of nitrogens with one attached hydrogen (secondary N) is 1. The molecule has 0 fully saturated rings. The fourth-order valence-corrected chi connectivity index (χ4v) is 2.09. The second kappa shape index (κ2) is 7.43. The number of rotatable bonds is 6. The van der Waals surface area contributed by atoms with Gasteiger partial charge in [-0.2, -0.15) is 0 Å². The van der Waals surface area contributed by atoms with Crippen LogP contribution in [0.15, 0.2) is 24.3 Å². The zero-order chi connectivity index (χ0) is 14.4. The predicted molar refractivity (Wildman–Crippen MR) is 74.8 cm³/mol. The molecule has 0 aromatic heterocycles. The molecule has 0 aliphatic rings. The van der Waals surface area contributed by atoms with Crippen molar-refractivity contribution >= 4 is 14.5 Å². The number of ether oxygens (including phenoxy) is 1. The van der Waals surface area contributed by atoms with E-state index < -0.39 is 20.5 Å². The molecule has 6 heteroatoms. The van der Waals surface area contributed by atoms with Crippen molar-refractivity contribution in [3.05, 3.63) is 29.8 Å². The quantitative estimate of drug-likeness (QED) is 0.621. The first kappa shape index (κ1) is 15.9. The molecule has 0 heterocycles. The van der Waals surface area contributed by atoms with Crippen LogP contribution in [-0.2, 0) is 9.53 Å². The van der Waals surface area contributed by atoms with Gasteiger partial charge >= 0.3 is 14.5 Å². The minimum Gasteiger partial charge on any atom is -0.462 e. The molecule has 0 saturated carbocycles. The molecule has 5 nitrogen and oxygen atoms in total. The molecule has 1 aromatic rings. The molecule has 106 valence electrons. The summed E-state index contributed by atoms with van der Waals surface area (Å²) in [6.45, 7) is 7.13. The molecule has 0 aliphatic heterocycles. The largest absolute Gasteiger partial charge is 0.462 e. The zero-order valence-corrected chi connectivity index (χ0v) is 12.5.